The lowest BCUT2D eigenvalue weighted by atomic mass is 9.84. The first-order valence-corrected chi connectivity index (χ1v) is 13.9. The van der Waals surface area contributed by atoms with Crippen molar-refractivity contribution in [3.63, 3.8) is 0 Å². The molecule has 0 aromatic heterocycles. The molecule has 2 fully saturated rings. The van der Waals surface area contributed by atoms with Crippen LogP contribution < -0.4 is 10.5 Å². The number of likely N-dealkylation sites (tertiary alicyclic amines) is 2. The minimum atomic E-state index is -0.876. The van der Waals surface area contributed by atoms with E-state index in [2.05, 4.69) is 13.0 Å². The Morgan fingerprint density at radius 1 is 1.19 bits per heavy atom. The predicted octanol–water partition coefficient (Wildman–Crippen LogP) is 2.08. The van der Waals surface area contributed by atoms with Crippen LogP contribution in [0.15, 0.2) is 18.2 Å². The van der Waals surface area contributed by atoms with Gasteiger partial charge in [-0.05, 0) is 49.4 Å². The summed E-state index contributed by atoms with van der Waals surface area (Å²) in [4.78, 5) is 44.4. The maximum atomic E-state index is 13.5. The number of carbonyl (C=O) groups excluding carboxylic acids is 2. The lowest BCUT2D eigenvalue weighted by Crippen LogP contribution is -2.49. The molecule has 2 amide bonds. The molecule has 3 atom stereocenters. The molecule has 9 nitrogen and oxygen atoms in total. The zero-order valence-electron chi connectivity index (χ0n) is 22.1. The number of fused-ring (bicyclic) bond motifs is 1. The average Bonchev–Trinajstić information content (AvgIpc) is 3.60. The number of carbonyl (C=O) groups is 3. The Morgan fingerprint density at radius 2 is 2.00 bits per heavy atom. The van der Waals surface area contributed by atoms with Gasteiger partial charge in [0, 0.05) is 57.5 Å². The number of benzene rings is 1. The lowest BCUT2D eigenvalue weighted by molar-refractivity contribution is -0.144. The Bertz CT molecular complexity index is 970. The molecule has 0 aliphatic carbocycles. The molecule has 0 unspecified atom stereocenters. The van der Waals surface area contributed by atoms with E-state index in [0.717, 1.165) is 55.4 Å². The van der Waals surface area contributed by atoms with Gasteiger partial charge in [0.15, 0.2) is 0 Å². The fourth-order valence-corrected chi connectivity index (χ4v) is 6.05. The van der Waals surface area contributed by atoms with E-state index in [1.807, 2.05) is 21.9 Å². The third-order valence-electron chi connectivity index (χ3n) is 8.11. The van der Waals surface area contributed by atoms with Crippen molar-refractivity contribution in [2.45, 2.75) is 63.8 Å². The number of carboxylic acids is 1. The van der Waals surface area contributed by atoms with Crippen molar-refractivity contribution in [3.05, 3.63) is 29.3 Å². The van der Waals surface area contributed by atoms with Crippen LogP contribution in [0.2, 0.25) is 0 Å². The number of carboxylic acid groups (broad SMARTS) is 1. The normalized spacial score (nSPS) is 23.4. The van der Waals surface area contributed by atoms with Crippen molar-refractivity contribution in [2.75, 3.05) is 52.4 Å². The fourth-order valence-electron chi connectivity index (χ4n) is 6.05. The van der Waals surface area contributed by atoms with Gasteiger partial charge in [-0.3, -0.25) is 19.3 Å². The van der Waals surface area contributed by atoms with Crippen LogP contribution in [0.3, 0.4) is 0 Å². The number of nitrogens with zero attached hydrogens (tertiary/aromatic N) is 3. The highest BCUT2D eigenvalue weighted by Crippen LogP contribution is 2.40. The molecule has 1 aromatic rings. The Hall–Kier alpha value is -2.65. The van der Waals surface area contributed by atoms with Gasteiger partial charge in [-0.2, -0.15) is 0 Å². The Kier molecular flexibility index (Phi) is 9.43. The monoisotopic (exact) mass is 514 g/mol. The molecule has 3 aliphatic heterocycles. The van der Waals surface area contributed by atoms with Gasteiger partial charge in [-0.25, -0.2) is 0 Å². The summed E-state index contributed by atoms with van der Waals surface area (Å²) in [7, 11) is 0. The van der Waals surface area contributed by atoms with Crippen LogP contribution in [-0.2, 0) is 20.8 Å². The Labute approximate surface area is 219 Å². The molecule has 3 N–H and O–H groups in total. The summed E-state index contributed by atoms with van der Waals surface area (Å²) in [5, 5.41) is 10.4. The first-order chi connectivity index (χ1) is 17.9. The second kappa shape index (κ2) is 12.7. The molecule has 37 heavy (non-hydrogen) atoms. The molecule has 3 heterocycles. The lowest BCUT2D eigenvalue weighted by Gasteiger charge is -2.32. The first-order valence-electron chi connectivity index (χ1n) is 13.9. The zero-order valence-corrected chi connectivity index (χ0v) is 22.1. The molecule has 4 rings (SSSR count). The molecule has 3 aliphatic rings. The van der Waals surface area contributed by atoms with E-state index >= 15 is 0 Å². The van der Waals surface area contributed by atoms with Gasteiger partial charge in [-0.1, -0.05) is 25.5 Å². The van der Waals surface area contributed by atoms with Crippen LogP contribution in [-0.4, -0.2) is 96.1 Å². The average molecular weight is 515 g/mol. The highest BCUT2D eigenvalue weighted by atomic mass is 16.5. The Morgan fingerprint density at radius 3 is 2.70 bits per heavy atom. The van der Waals surface area contributed by atoms with E-state index in [-0.39, 0.29) is 24.3 Å². The van der Waals surface area contributed by atoms with Crippen molar-refractivity contribution in [3.8, 4) is 5.75 Å². The predicted molar refractivity (Wildman–Crippen MR) is 140 cm³/mol. The van der Waals surface area contributed by atoms with Gasteiger partial charge in [0.25, 0.3) is 0 Å². The Balaban J connectivity index is 1.58. The standard InChI is InChI=1S/C28H42N4O5/c1-2-3-12-30(13-5-4-11-29)26(34)19-32-17-22(20-8-9-24-21(16-20)10-15-37-24)27(28(35)36)23(32)18-31-14-6-7-25(31)33/h8-9,16,22-23,27H,2-7,10-15,17-19,29H2,1H3,(H,35,36)/t22-,23+,27-/m1/s1. The van der Waals surface area contributed by atoms with Crippen LogP contribution in [0, 0.1) is 5.92 Å². The molecular formula is C28H42N4O5. The molecule has 204 valence electrons. The topological polar surface area (TPSA) is 116 Å². The van der Waals surface area contributed by atoms with Crippen LogP contribution in [0.5, 0.6) is 5.75 Å². The number of rotatable bonds is 13. The highest BCUT2D eigenvalue weighted by molar-refractivity contribution is 5.80. The van der Waals surface area contributed by atoms with E-state index in [0.29, 0.717) is 52.3 Å². The van der Waals surface area contributed by atoms with Gasteiger partial charge >= 0.3 is 5.97 Å². The van der Waals surface area contributed by atoms with Gasteiger partial charge in [0.1, 0.15) is 5.75 Å². The second-order valence-electron chi connectivity index (χ2n) is 10.6. The number of unbranched alkanes of at least 4 members (excludes halogenated alkanes) is 2. The van der Waals surface area contributed by atoms with Crippen molar-refractivity contribution >= 4 is 17.8 Å². The van der Waals surface area contributed by atoms with Crippen LogP contribution >= 0.6 is 0 Å². The van der Waals surface area contributed by atoms with Gasteiger partial charge < -0.3 is 25.4 Å². The van der Waals surface area contributed by atoms with Gasteiger partial charge in [-0.15, -0.1) is 0 Å². The molecule has 0 spiro atoms. The molecule has 0 radical (unpaired) electrons. The molecule has 2 saturated heterocycles. The number of ether oxygens (including phenoxy) is 1. The van der Waals surface area contributed by atoms with E-state index < -0.39 is 17.9 Å². The smallest absolute Gasteiger partial charge is 0.308 e. The summed E-state index contributed by atoms with van der Waals surface area (Å²) in [6.45, 7) is 6.32. The summed E-state index contributed by atoms with van der Waals surface area (Å²) >= 11 is 0. The molecule has 0 saturated carbocycles. The first kappa shape index (κ1) is 27.4. The minimum Gasteiger partial charge on any atom is -0.493 e. The fraction of sp³-hybridized carbons (Fsp3) is 0.679. The summed E-state index contributed by atoms with van der Waals surface area (Å²) in [6, 6.07) is 5.56. The van der Waals surface area contributed by atoms with E-state index in [4.69, 9.17) is 10.5 Å². The van der Waals surface area contributed by atoms with Gasteiger partial charge in [0.05, 0.1) is 19.1 Å². The van der Waals surface area contributed by atoms with E-state index in [9.17, 15) is 19.5 Å². The van der Waals surface area contributed by atoms with Crippen molar-refractivity contribution in [1.82, 2.24) is 14.7 Å². The van der Waals surface area contributed by atoms with E-state index in [1.54, 1.807) is 4.90 Å². The summed E-state index contributed by atoms with van der Waals surface area (Å²) in [5.41, 5.74) is 7.74. The number of hydrogen-bond acceptors (Lipinski definition) is 6. The number of hydrogen-bond donors (Lipinski definition) is 2. The van der Waals surface area contributed by atoms with Crippen LogP contribution in [0.4, 0.5) is 0 Å². The van der Waals surface area contributed by atoms with Crippen molar-refractivity contribution in [1.29, 1.82) is 0 Å². The number of amides is 2. The summed E-state index contributed by atoms with van der Waals surface area (Å²) < 4.78 is 5.66. The quantitative estimate of drug-likeness (QED) is 0.387. The summed E-state index contributed by atoms with van der Waals surface area (Å²) in [5.74, 6) is -0.888. The van der Waals surface area contributed by atoms with Crippen molar-refractivity contribution in [2.24, 2.45) is 11.7 Å². The van der Waals surface area contributed by atoms with Crippen LogP contribution in [0.25, 0.3) is 0 Å². The largest absolute Gasteiger partial charge is 0.493 e. The highest BCUT2D eigenvalue weighted by Gasteiger charge is 2.48. The van der Waals surface area contributed by atoms with Crippen LogP contribution in [0.1, 0.15) is 62.5 Å². The van der Waals surface area contributed by atoms with Gasteiger partial charge in [0.2, 0.25) is 11.8 Å². The minimum absolute atomic E-state index is 0.0235. The molecular weight excluding hydrogens is 472 g/mol. The third kappa shape index (κ3) is 6.44. The summed E-state index contributed by atoms with van der Waals surface area (Å²) in [6.07, 6.45) is 5.76. The number of aliphatic carboxylic acids is 1. The molecule has 1 aromatic carbocycles. The third-order valence-corrected chi connectivity index (χ3v) is 8.11. The second-order valence-corrected chi connectivity index (χ2v) is 10.6. The molecule has 0 bridgehead atoms. The molecule has 9 heteroatoms. The van der Waals surface area contributed by atoms with E-state index in [1.165, 1.54) is 0 Å². The van der Waals surface area contributed by atoms with Crippen molar-refractivity contribution < 1.29 is 24.2 Å². The zero-order chi connectivity index (χ0) is 26.4. The maximum Gasteiger partial charge on any atom is 0.308 e. The SMILES string of the molecule is CCCCN(CCCCN)C(=O)CN1C[C@H](c2ccc3c(c2)CCO3)[C@@H](C(=O)O)[C@@H]1CN1CCCC1=O. The number of nitrogens with two attached hydrogens (primary N) is 1. The maximum absolute atomic E-state index is 13.5.